The van der Waals surface area contributed by atoms with E-state index in [1.54, 1.807) is 6.07 Å². The minimum Gasteiger partial charge on any atom is -0.359 e. The van der Waals surface area contributed by atoms with Crippen molar-refractivity contribution >= 4 is 21.4 Å². The van der Waals surface area contributed by atoms with E-state index >= 15 is 0 Å². The lowest BCUT2D eigenvalue weighted by Crippen LogP contribution is -2.49. The molecule has 1 heterocycles. The van der Waals surface area contributed by atoms with Gasteiger partial charge in [-0.1, -0.05) is 48.5 Å². The van der Waals surface area contributed by atoms with Crippen molar-refractivity contribution in [3.63, 3.8) is 0 Å². The number of nitro groups is 1. The number of hydrogen-bond acceptors (Lipinski definition) is 7. The van der Waals surface area contributed by atoms with Crippen molar-refractivity contribution in [1.29, 1.82) is 0 Å². The minimum absolute atomic E-state index is 0.0922. The summed E-state index contributed by atoms with van der Waals surface area (Å²) in [6.45, 7) is 1.70. The Morgan fingerprint density at radius 3 is 1.82 bits per heavy atom. The molecule has 0 unspecified atom stereocenters. The van der Waals surface area contributed by atoms with Crippen LogP contribution in [-0.2, 0) is 35.7 Å². The summed E-state index contributed by atoms with van der Waals surface area (Å²) < 4.78 is 23.5. The summed E-state index contributed by atoms with van der Waals surface area (Å²) in [7, 11) is -4.02. The highest BCUT2D eigenvalue weighted by Crippen LogP contribution is 2.38. The summed E-state index contributed by atoms with van der Waals surface area (Å²) in [5.41, 5.74) is 11.4. The maximum Gasteiger partial charge on any atom is 0.293 e. The smallest absolute Gasteiger partial charge is 0.293 e. The minimum atomic E-state index is -4.02. The van der Waals surface area contributed by atoms with Gasteiger partial charge in [0.2, 0.25) is 10.0 Å². The third-order valence-corrected chi connectivity index (χ3v) is 8.87. The number of primary sulfonamides is 1. The molecule has 0 radical (unpaired) electrons. The predicted molar refractivity (Wildman–Crippen MR) is 152 cm³/mol. The van der Waals surface area contributed by atoms with Gasteiger partial charge in [-0.2, -0.15) is 0 Å². The molecule has 3 aliphatic rings. The van der Waals surface area contributed by atoms with Crippen molar-refractivity contribution in [2.75, 3.05) is 18.0 Å². The van der Waals surface area contributed by atoms with Crippen molar-refractivity contribution < 1.29 is 13.3 Å². The van der Waals surface area contributed by atoms with Gasteiger partial charge in [-0.25, -0.2) is 13.6 Å². The van der Waals surface area contributed by atoms with Crippen LogP contribution in [0.25, 0.3) is 0 Å². The van der Waals surface area contributed by atoms with Gasteiger partial charge in [0.15, 0.2) is 0 Å². The lowest BCUT2D eigenvalue weighted by Gasteiger charge is -2.40. The third kappa shape index (κ3) is 6.14. The average molecular weight is 550 g/mol. The number of piperidine rings is 1. The molecular formula is C29H35N5O4S. The largest absolute Gasteiger partial charge is 0.359 e. The van der Waals surface area contributed by atoms with Gasteiger partial charge in [0.25, 0.3) is 5.69 Å². The monoisotopic (exact) mass is 549 g/mol. The fourth-order valence-electron chi connectivity index (χ4n) is 6.15. The van der Waals surface area contributed by atoms with E-state index in [0.717, 1.165) is 57.7 Å². The molecule has 1 fully saturated rings. The number of nitro benzene ring substituents is 1. The molecular weight excluding hydrogens is 514 g/mol. The second-order valence-corrected chi connectivity index (χ2v) is 12.2. The first-order valence-corrected chi connectivity index (χ1v) is 14.9. The Kier molecular flexibility index (Phi) is 7.99. The molecule has 1 aliphatic heterocycles. The molecule has 3 aromatic carbocycles. The summed E-state index contributed by atoms with van der Waals surface area (Å²) in [4.78, 5) is 13.3. The predicted octanol–water partition coefficient (Wildman–Crippen LogP) is 3.08. The van der Waals surface area contributed by atoms with Crippen LogP contribution in [0, 0.1) is 10.1 Å². The first-order valence-electron chi connectivity index (χ1n) is 13.4. The van der Waals surface area contributed by atoms with Gasteiger partial charge in [0.05, 0.1) is 9.82 Å². The maximum absolute atomic E-state index is 11.9. The SMILES string of the molecule is NC1Cc2ccccc2C1.NS(=O)(=O)c1ccc(N(C2CCNCC2)C2Cc3ccccc3C2)c([N+](=O)[O-])c1. The highest BCUT2D eigenvalue weighted by Gasteiger charge is 2.36. The number of benzene rings is 3. The molecule has 0 aromatic heterocycles. The van der Waals surface area contributed by atoms with E-state index in [0.29, 0.717) is 11.7 Å². The fraction of sp³-hybridized carbons (Fsp3) is 0.379. The van der Waals surface area contributed by atoms with E-state index in [1.165, 1.54) is 28.3 Å². The molecule has 3 aromatic rings. The molecule has 0 amide bonds. The molecule has 1 saturated heterocycles. The number of hydrogen-bond donors (Lipinski definition) is 3. The van der Waals surface area contributed by atoms with E-state index < -0.39 is 14.9 Å². The van der Waals surface area contributed by atoms with Crippen LogP contribution in [0.4, 0.5) is 11.4 Å². The van der Waals surface area contributed by atoms with E-state index in [1.807, 2.05) is 12.1 Å². The first-order chi connectivity index (χ1) is 18.7. The standard InChI is InChI=1S/C20H24N4O4S.C9H11N/c21-29(27,28)18-5-6-19(20(13-18)24(25)26)23(16-7-9-22-10-8-16)17-11-14-3-1-2-4-15(14)12-17;10-9-5-7-3-1-2-4-8(7)6-9/h1-6,13,16-17,22H,7-12H2,(H2,21,27,28);1-4,9H,5-6,10H2. The molecule has 2 aliphatic carbocycles. The van der Waals surface area contributed by atoms with Crippen LogP contribution in [0.15, 0.2) is 71.6 Å². The molecule has 0 bridgehead atoms. The number of nitrogens with zero attached hydrogens (tertiary/aromatic N) is 2. The van der Waals surface area contributed by atoms with Crippen LogP contribution >= 0.6 is 0 Å². The summed E-state index contributed by atoms with van der Waals surface area (Å²) in [6, 6.07) is 21.3. The van der Waals surface area contributed by atoms with Crippen molar-refractivity contribution in [3.05, 3.63) is 99.1 Å². The highest BCUT2D eigenvalue weighted by atomic mass is 32.2. The Bertz CT molecular complexity index is 1410. The first kappa shape index (κ1) is 27.3. The van der Waals surface area contributed by atoms with Gasteiger partial charge in [-0.05, 0) is 86.0 Å². The molecule has 6 rings (SSSR count). The summed E-state index contributed by atoms with van der Waals surface area (Å²) in [5, 5.41) is 20.4. The number of sulfonamides is 1. The summed E-state index contributed by atoms with van der Waals surface area (Å²) in [6.07, 6.45) is 5.51. The second-order valence-electron chi connectivity index (χ2n) is 10.6. The topological polar surface area (TPSA) is 145 Å². The van der Waals surface area contributed by atoms with Crippen LogP contribution < -0.4 is 21.1 Å². The summed E-state index contributed by atoms with van der Waals surface area (Å²) >= 11 is 0. The lowest BCUT2D eigenvalue weighted by atomic mass is 9.99. The molecule has 206 valence electrons. The number of nitrogens with two attached hydrogens (primary N) is 2. The molecule has 9 nitrogen and oxygen atoms in total. The Balaban J connectivity index is 0.000000257. The Morgan fingerprint density at radius 1 is 0.821 bits per heavy atom. The Hall–Kier alpha value is -3.31. The average Bonchev–Trinajstić information content (AvgIpc) is 3.51. The number of nitrogens with one attached hydrogen (secondary N) is 1. The van der Waals surface area contributed by atoms with Gasteiger partial charge >= 0.3 is 0 Å². The lowest BCUT2D eigenvalue weighted by molar-refractivity contribution is -0.384. The molecule has 39 heavy (non-hydrogen) atoms. The van der Waals surface area contributed by atoms with Gasteiger partial charge in [-0.3, -0.25) is 10.1 Å². The molecule has 10 heteroatoms. The van der Waals surface area contributed by atoms with Crippen molar-refractivity contribution in [3.8, 4) is 0 Å². The van der Waals surface area contributed by atoms with E-state index in [9.17, 15) is 18.5 Å². The van der Waals surface area contributed by atoms with Crippen molar-refractivity contribution in [1.82, 2.24) is 5.32 Å². The van der Waals surface area contributed by atoms with Crippen molar-refractivity contribution in [2.45, 2.75) is 61.5 Å². The fourth-order valence-corrected chi connectivity index (χ4v) is 6.68. The highest BCUT2D eigenvalue weighted by molar-refractivity contribution is 7.89. The van der Waals surface area contributed by atoms with Gasteiger partial charge in [-0.15, -0.1) is 0 Å². The van der Waals surface area contributed by atoms with Crippen LogP contribution in [0.1, 0.15) is 35.1 Å². The van der Waals surface area contributed by atoms with Crippen LogP contribution in [0.2, 0.25) is 0 Å². The zero-order valence-corrected chi connectivity index (χ0v) is 22.6. The third-order valence-electron chi connectivity index (χ3n) is 7.96. The van der Waals surface area contributed by atoms with Gasteiger partial charge in [0, 0.05) is 24.2 Å². The van der Waals surface area contributed by atoms with Crippen LogP contribution in [0.5, 0.6) is 0 Å². The van der Waals surface area contributed by atoms with Gasteiger partial charge in [0.1, 0.15) is 5.69 Å². The molecule has 5 N–H and O–H groups in total. The molecule has 0 spiro atoms. The quantitative estimate of drug-likeness (QED) is 0.328. The Morgan fingerprint density at radius 2 is 1.33 bits per heavy atom. The zero-order valence-electron chi connectivity index (χ0n) is 21.8. The second kappa shape index (κ2) is 11.4. The Labute approximate surface area is 229 Å². The van der Waals surface area contributed by atoms with E-state index in [4.69, 9.17) is 10.9 Å². The maximum atomic E-state index is 11.9. The number of fused-ring (bicyclic) bond motifs is 2. The number of rotatable bonds is 5. The van der Waals surface area contributed by atoms with Crippen LogP contribution in [-0.4, -0.2) is 44.6 Å². The zero-order chi connectivity index (χ0) is 27.6. The molecule has 0 atom stereocenters. The number of anilines is 1. The normalized spacial score (nSPS) is 17.7. The molecule has 0 saturated carbocycles. The van der Waals surface area contributed by atoms with Crippen molar-refractivity contribution in [2.24, 2.45) is 10.9 Å². The summed E-state index contributed by atoms with van der Waals surface area (Å²) in [5.74, 6) is 0. The van der Waals surface area contributed by atoms with Gasteiger partial charge < -0.3 is 16.0 Å². The van der Waals surface area contributed by atoms with E-state index in [-0.39, 0.29) is 22.7 Å². The van der Waals surface area contributed by atoms with Crippen LogP contribution in [0.3, 0.4) is 0 Å². The van der Waals surface area contributed by atoms with E-state index in [2.05, 4.69) is 46.6 Å².